The van der Waals surface area contributed by atoms with Crippen molar-refractivity contribution in [3.8, 4) is 0 Å². The fourth-order valence-electron chi connectivity index (χ4n) is 1.03. The van der Waals surface area contributed by atoms with E-state index in [-0.39, 0.29) is 0 Å². The molecule has 0 aliphatic rings. The van der Waals surface area contributed by atoms with E-state index < -0.39 is 0 Å². The molecule has 0 aromatic heterocycles. The Balaban J connectivity index is 3.62. The predicted molar refractivity (Wildman–Crippen MR) is 42.4 cm³/mol. The maximum atomic E-state index is 5.60. The van der Waals surface area contributed by atoms with Crippen LogP contribution in [0.1, 0.15) is 40.0 Å². The summed E-state index contributed by atoms with van der Waals surface area (Å²) in [4.78, 5) is 0. The molecule has 0 bridgehead atoms. The summed E-state index contributed by atoms with van der Waals surface area (Å²) in [5.74, 6) is 0. The molecule has 2 N–H and O–H groups in total. The van der Waals surface area contributed by atoms with Crippen molar-refractivity contribution in [2.75, 3.05) is 6.54 Å². The lowest BCUT2D eigenvalue weighted by Gasteiger charge is -2.25. The van der Waals surface area contributed by atoms with Gasteiger partial charge in [0.15, 0.2) is 0 Å². The number of rotatable bonds is 4. The molecular formula is C8H19N. The number of nitrogens with two attached hydrogens (primary N) is 1. The fraction of sp³-hybridized carbons (Fsp3) is 1.00. The highest BCUT2D eigenvalue weighted by Crippen LogP contribution is 2.24. The molecule has 0 saturated heterocycles. The maximum absolute atomic E-state index is 5.60. The van der Waals surface area contributed by atoms with Crippen molar-refractivity contribution in [3.05, 3.63) is 0 Å². The Morgan fingerprint density at radius 3 is 2.00 bits per heavy atom. The van der Waals surface area contributed by atoms with E-state index in [0.29, 0.717) is 5.41 Å². The van der Waals surface area contributed by atoms with Crippen molar-refractivity contribution in [1.29, 1.82) is 0 Å². The zero-order valence-electron chi connectivity index (χ0n) is 6.91. The Morgan fingerprint density at radius 1 is 1.33 bits per heavy atom. The van der Waals surface area contributed by atoms with Gasteiger partial charge in [-0.3, -0.25) is 0 Å². The maximum Gasteiger partial charge on any atom is -0.00233 e. The monoisotopic (exact) mass is 129 g/mol. The summed E-state index contributed by atoms with van der Waals surface area (Å²) in [6.07, 6.45) is 3.72. The van der Waals surface area contributed by atoms with E-state index in [9.17, 15) is 0 Å². The molecule has 0 aliphatic heterocycles. The van der Waals surface area contributed by atoms with Crippen LogP contribution in [0.3, 0.4) is 0 Å². The first-order chi connectivity index (χ1) is 4.18. The lowest BCUT2D eigenvalue weighted by Crippen LogP contribution is -2.25. The van der Waals surface area contributed by atoms with Crippen LogP contribution < -0.4 is 5.73 Å². The lowest BCUT2D eigenvalue weighted by molar-refractivity contribution is 0.293. The van der Waals surface area contributed by atoms with Gasteiger partial charge in [-0.2, -0.15) is 0 Å². The first kappa shape index (κ1) is 8.96. The molecule has 0 aliphatic carbocycles. The zero-order chi connectivity index (χ0) is 7.33. The molecule has 1 heteroatoms. The average molecular weight is 129 g/mol. The topological polar surface area (TPSA) is 26.0 Å². The van der Waals surface area contributed by atoms with Gasteiger partial charge in [0, 0.05) is 0 Å². The van der Waals surface area contributed by atoms with Gasteiger partial charge in [0.25, 0.3) is 0 Å². The molecule has 0 fully saturated rings. The van der Waals surface area contributed by atoms with Gasteiger partial charge in [0.05, 0.1) is 0 Å². The van der Waals surface area contributed by atoms with Crippen molar-refractivity contribution in [1.82, 2.24) is 0 Å². The van der Waals surface area contributed by atoms with Crippen LogP contribution >= 0.6 is 0 Å². The molecular weight excluding hydrogens is 110 g/mol. The summed E-state index contributed by atoms with van der Waals surface area (Å²) < 4.78 is 0. The van der Waals surface area contributed by atoms with E-state index in [4.69, 9.17) is 5.73 Å². The third-order valence-electron chi connectivity index (χ3n) is 2.20. The van der Waals surface area contributed by atoms with Crippen LogP contribution in [0.5, 0.6) is 0 Å². The summed E-state index contributed by atoms with van der Waals surface area (Å²) in [7, 11) is 0. The van der Waals surface area contributed by atoms with Crippen molar-refractivity contribution >= 4 is 0 Å². The van der Waals surface area contributed by atoms with E-state index in [0.717, 1.165) is 6.54 Å². The SMILES string of the molecule is CCCC(C)(CC)CN. The molecule has 1 nitrogen and oxygen atoms in total. The predicted octanol–water partition coefficient (Wildman–Crippen LogP) is 2.16. The zero-order valence-corrected chi connectivity index (χ0v) is 6.91. The van der Waals surface area contributed by atoms with Crippen LogP contribution in [-0.2, 0) is 0 Å². The Kier molecular flexibility index (Phi) is 3.87. The van der Waals surface area contributed by atoms with Gasteiger partial charge in [0.2, 0.25) is 0 Å². The molecule has 0 spiro atoms. The second kappa shape index (κ2) is 3.89. The van der Waals surface area contributed by atoms with Gasteiger partial charge >= 0.3 is 0 Å². The van der Waals surface area contributed by atoms with Crippen molar-refractivity contribution < 1.29 is 0 Å². The second-order valence-corrected chi connectivity index (χ2v) is 3.12. The quantitative estimate of drug-likeness (QED) is 0.618. The molecule has 56 valence electrons. The molecule has 9 heavy (non-hydrogen) atoms. The van der Waals surface area contributed by atoms with Crippen molar-refractivity contribution in [2.24, 2.45) is 11.1 Å². The first-order valence-electron chi connectivity index (χ1n) is 3.88. The summed E-state index contributed by atoms with van der Waals surface area (Å²) in [5, 5.41) is 0. The number of hydrogen-bond acceptors (Lipinski definition) is 1. The van der Waals surface area contributed by atoms with E-state index in [1.165, 1.54) is 19.3 Å². The fourth-order valence-corrected chi connectivity index (χ4v) is 1.03. The standard InChI is InChI=1S/C8H19N/c1-4-6-8(3,5-2)7-9/h4-7,9H2,1-3H3. The van der Waals surface area contributed by atoms with Gasteiger partial charge in [0.1, 0.15) is 0 Å². The number of hydrogen-bond donors (Lipinski definition) is 1. The van der Waals surface area contributed by atoms with Crippen LogP contribution in [-0.4, -0.2) is 6.54 Å². The van der Waals surface area contributed by atoms with Gasteiger partial charge in [-0.05, 0) is 24.8 Å². The highest BCUT2D eigenvalue weighted by Gasteiger charge is 2.17. The molecule has 0 radical (unpaired) electrons. The molecule has 0 saturated carbocycles. The van der Waals surface area contributed by atoms with Crippen LogP contribution in [0.25, 0.3) is 0 Å². The third kappa shape index (κ3) is 2.85. The summed E-state index contributed by atoms with van der Waals surface area (Å²) in [5.41, 5.74) is 6.02. The highest BCUT2D eigenvalue weighted by molar-refractivity contribution is 4.72. The lowest BCUT2D eigenvalue weighted by atomic mass is 9.83. The van der Waals surface area contributed by atoms with Gasteiger partial charge in [-0.25, -0.2) is 0 Å². The second-order valence-electron chi connectivity index (χ2n) is 3.12. The van der Waals surface area contributed by atoms with Crippen LogP contribution in [0, 0.1) is 5.41 Å². The van der Waals surface area contributed by atoms with Gasteiger partial charge < -0.3 is 5.73 Å². The van der Waals surface area contributed by atoms with Crippen LogP contribution in [0.15, 0.2) is 0 Å². The van der Waals surface area contributed by atoms with E-state index in [1.807, 2.05) is 0 Å². The largest absolute Gasteiger partial charge is 0.330 e. The van der Waals surface area contributed by atoms with Crippen molar-refractivity contribution in [3.63, 3.8) is 0 Å². The molecule has 0 heterocycles. The van der Waals surface area contributed by atoms with Gasteiger partial charge in [-0.15, -0.1) is 0 Å². The van der Waals surface area contributed by atoms with E-state index >= 15 is 0 Å². The molecule has 1 atom stereocenters. The minimum Gasteiger partial charge on any atom is -0.330 e. The summed E-state index contributed by atoms with van der Waals surface area (Å²) in [6.45, 7) is 7.51. The Morgan fingerprint density at radius 2 is 1.89 bits per heavy atom. The average Bonchev–Trinajstić information content (AvgIpc) is 1.89. The van der Waals surface area contributed by atoms with Crippen LogP contribution in [0.2, 0.25) is 0 Å². The summed E-state index contributed by atoms with van der Waals surface area (Å²) >= 11 is 0. The normalized spacial score (nSPS) is 17.3. The third-order valence-corrected chi connectivity index (χ3v) is 2.20. The minimum atomic E-state index is 0.411. The molecule has 0 aromatic rings. The summed E-state index contributed by atoms with van der Waals surface area (Å²) in [6, 6.07) is 0. The molecule has 0 amide bonds. The van der Waals surface area contributed by atoms with Crippen LogP contribution in [0.4, 0.5) is 0 Å². The Bertz CT molecular complexity index is 65.0. The smallest absolute Gasteiger partial charge is 0.00233 e. The van der Waals surface area contributed by atoms with Crippen molar-refractivity contribution in [2.45, 2.75) is 40.0 Å². The molecule has 0 rings (SSSR count). The Hall–Kier alpha value is -0.0400. The first-order valence-corrected chi connectivity index (χ1v) is 3.88. The highest BCUT2D eigenvalue weighted by atomic mass is 14.6. The van der Waals surface area contributed by atoms with Gasteiger partial charge in [-0.1, -0.05) is 27.2 Å². The molecule has 1 unspecified atom stereocenters. The molecule has 0 aromatic carbocycles. The van der Waals surface area contributed by atoms with E-state index in [2.05, 4.69) is 20.8 Å². The van der Waals surface area contributed by atoms with E-state index in [1.54, 1.807) is 0 Å². The Labute approximate surface area is 58.6 Å². The minimum absolute atomic E-state index is 0.411.